The summed E-state index contributed by atoms with van der Waals surface area (Å²) in [6.45, 7) is 8.95. The van der Waals surface area contributed by atoms with E-state index in [9.17, 15) is 5.11 Å². The van der Waals surface area contributed by atoms with Crippen molar-refractivity contribution in [3.63, 3.8) is 0 Å². The van der Waals surface area contributed by atoms with Crippen LogP contribution >= 0.6 is 0 Å². The molecule has 1 aliphatic heterocycles. The van der Waals surface area contributed by atoms with Gasteiger partial charge in [0, 0.05) is 25.8 Å². The average molecular weight is 259 g/mol. The topological polar surface area (TPSA) is 50.7 Å². The van der Waals surface area contributed by atoms with Crippen LogP contribution in [-0.2, 0) is 9.47 Å². The van der Waals surface area contributed by atoms with E-state index in [1.165, 1.54) is 0 Å². The number of ether oxygens (including phenoxy) is 2. The van der Waals surface area contributed by atoms with Crippen molar-refractivity contribution in [2.75, 3.05) is 26.4 Å². The van der Waals surface area contributed by atoms with Gasteiger partial charge in [-0.3, -0.25) is 0 Å². The Kier molecular flexibility index (Phi) is 7.15. The highest BCUT2D eigenvalue weighted by molar-refractivity contribution is 4.83. The van der Waals surface area contributed by atoms with Crippen molar-refractivity contribution in [2.24, 2.45) is 0 Å². The zero-order valence-electron chi connectivity index (χ0n) is 12.1. The van der Waals surface area contributed by atoms with E-state index in [-0.39, 0.29) is 5.60 Å². The number of aliphatic hydroxyl groups excluding tert-OH is 1. The summed E-state index contributed by atoms with van der Waals surface area (Å²) in [4.78, 5) is 0. The summed E-state index contributed by atoms with van der Waals surface area (Å²) in [5.41, 5.74) is -0.0432. The Balaban J connectivity index is 2.08. The molecule has 4 heteroatoms. The van der Waals surface area contributed by atoms with Gasteiger partial charge in [-0.15, -0.1) is 0 Å². The second-order valence-corrected chi connectivity index (χ2v) is 5.79. The van der Waals surface area contributed by atoms with E-state index < -0.39 is 6.10 Å². The standard InChI is InChI=1S/C14H29NO3/c1-4-5-7-17-11-13(16)10-15-12-6-8-18-14(2,3)9-12/h12-13,15-16H,4-11H2,1-3H3. The minimum Gasteiger partial charge on any atom is -0.389 e. The molecule has 0 saturated carbocycles. The highest BCUT2D eigenvalue weighted by Gasteiger charge is 2.28. The molecule has 0 bridgehead atoms. The van der Waals surface area contributed by atoms with Gasteiger partial charge in [0.05, 0.1) is 18.3 Å². The zero-order valence-corrected chi connectivity index (χ0v) is 12.1. The fourth-order valence-corrected chi connectivity index (χ4v) is 2.23. The van der Waals surface area contributed by atoms with Crippen molar-refractivity contribution in [1.29, 1.82) is 0 Å². The van der Waals surface area contributed by atoms with Gasteiger partial charge in [0.1, 0.15) is 0 Å². The van der Waals surface area contributed by atoms with Gasteiger partial charge in [-0.2, -0.15) is 0 Å². The Labute approximate surface area is 111 Å². The normalized spacial score (nSPS) is 25.0. The van der Waals surface area contributed by atoms with Gasteiger partial charge >= 0.3 is 0 Å². The average Bonchev–Trinajstić information content (AvgIpc) is 2.31. The Bertz CT molecular complexity index is 221. The van der Waals surface area contributed by atoms with Crippen molar-refractivity contribution in [3.8, 4) is 0 Å². The largest absolute Gasteiger partial charge is 0.389 e. The number of hydrogen-bond acceptors (Lipinski definition) is 4. The van der Waals surface area contributed by atoms with Gasteiger partial charge in [-0.05, 0) is 33.1 Å². The van der Waals surface area contributed by atoms with Crippen LogP contribution in [0.4, 0.5) is 0 Å². The lowest BCUT2D eigenvalue weighted by Gasteiger charge is -2.36. The molecule has 0 aromatic heterocycles. The summed E-state index contributed by atoms with van der Waals surface area (Å²) < 4.78 is 11.1. The second-order valence-electron chi connectivity index (χ2n) is 5.79. The van der Waals surface area contributed by atoms with Crippen LogP contribution in [-0.4, -0.2) is 49.2 Å². The molecule has 1 aliphatic rings. The molecule has 1 rings (SSSR count). The van der Waals surface area contributed by atoms with Crippen molar-refractivity contribution in [2.45, 2.75) is 64.2 Å². The van der Waals surface area contributed by atoms with Crippen LogP contribution in [0.25, 0.3) is 0 Å². The van der Waals surface area contributed by atoms with Gasteiger partial charge < -0.3 is 19.9 Å². The highest BCUT2D eigenvalue weighted by atomic mass is 16.5. The Morgan fingerprint density at radius 3 is 2.94 bits per heavy atom. The number of rotatable bonds is 8. The first-order valence-corrected chi connectivity index (χ1v) is 7.16. The lowest BCUT2D eigenvalue weighted by atomic mass is 9.94. The van der Waals surface area contributed by atoms with Gasteiger partial charge in [0.2, 0.25) is 0 Å². The number of nitrogens with one attached hydrogen (secondary N) is 1. The Morgan fingerprint density at radius 2 is 2.28 bits per heavy atom. The highest BCUT2D eigenvalue weighted by Crippen LogP contribution is 2.23. The van der Waals surface area contributed by atoms with Crippen LogP contribution < -0.4 is 5.32 Å². The Morgan fingerprint density at radius 1 is 1.50 bits per heavy atom. The number of hydrogen-bond donors (Lipinski definition) is 2. The third kappa shape index (κ3) is 6.69. The van der Waals surface area contributed by atoms with Crippen molar-refractivity contribution < 1.29 is 14.6 Å². The minimum absolute atomic E-state index is 0.0432. The van der Waals surface area contributed by atoms with E-state index in [1.807, 2.05) is 0 Å². The second kappa shape index (κ2) is 8.10. The van der Waals surface area contributed by atoms with E-state index in [0.29, 0.717) is 19.2 Å². The van der Waals surface area contributed by atoms with Crippen molar-refractivity contribution >= 4 is 0 Å². The quantitative estimate of drug-likeness (QED) is 0.652. The van der Waals surface area contributed by atoms with Crippen molar-refractivity contribution in [3.05, 3.63) is 0 Å². The number of unbranched alkanes of at least 4 members (excludes halogenated alkanes) is 1. The fourth-order valence-electron chi connectivity index (χ4n) is 2.23. The maximum atomic E-state index is 9.79. The lowest BCUT2D eigenvalue weighted by molar-refractivity contribution is -0.0647. The summed E-state index contributed by atoms with van der Waals surface area (Å²) in [5, 5.41) is 13.2. The minimum atomic E-state index is -0.409. The van der Waals surface area contributed by atoms with E-state index in [4.69, 9.17) is 9.47 Å². The first-order valence-electron chi connectivity index (χ1n) is 7.16. The van der Waals surface area contributed by atoms with E-state index >= 15 is 0 Å². The van der Waals surface area contributed by atoms with Crippen LogP contribution in [0.2, 0.25) is 0 Å². The molecule has 2 N–H and O–H groups in total. The first kappa shape index (κ1) is 15.9. The molecule has 0 aliphatic carbocycles. The van der Waals surface area contributed by atoms with Crippen LogP contribution in [0.5, 0.6) is 0 Å². The third-order valence-corrected chi connectivity index (χ3v) is 3.29. The molecule has 0 aromatic rings. The number of aliphatic hydroxyl groups is 1. The van der Waals surface area contributed by atoms with Gasteiger partial charge in [0.15, 0.2) is 0 Å². The van der Waals surface area contributed by atoms with E-state index in [1.54, 1.807) is 0 Å². The molecule has 18 heavy (non-hydrogen) atoms. The summed E-state index contributed by atoms with van der Waals surface area (Å²) in [7, 11) is 0. The zero-order chi connectivity index (χ0) is 13.4. The molecule has 4 nitrogen and oxygen atoms in total. The molecule has 0 amide bonds. The molecule has 0 aromatic carbocycles. The van der Waals surface area contributed by atoms with Gasteiger partial charge in [0.25, 0.3) is 0 Å². The summed E-state index contributed by atoms with van der Waals surface area (Å²) in [5.74, 6) is 0. The molecule has 108 valence electrons. The van der Waals surface area contributed by atoms with Crippen molar-refractivity contribution in [1.82, 2.24) is 5.32 Å². The lowest BCUT2D eigenvalue weighted by Crippen LogP contribution is -2.46. The molecule has 2 atom stereocenters. The van der Waals surface area contributed by atoms with Crippen LogP contribution in [0.15, 0.2) is 0 Å². The maximum absolute atomic E-state index is 9.79. The van der Waals surface area contributed by atoms with Gasteiger partial charge in [-0.25, -0.2) is 0 Å². The summed E-state index contributed by atoms with van der Waals surface area (Å²) in [6, 6.07) is 0.444. The third-order valence-electron chi connectivity index (χ3n) is 3.29. The predicted octanol–water partition coefficient (Wildman–Crippen LogP) is 1.71. The van der Waals surface area contributed by atoms with Crippen LogP contribution in [0.1, 0.15) is 46.5 Å². The molecular formula is C14H29NO3. The SMILES string of the molecule is CCCCOCC(O)CNC1CCOC(C)(C)C1. The maximum Gasteiger partial charge on any atom is 0.0897 e. The van der Waals surface area contributed by atoms with E-state index in [2.05, 4.69) is 26.1 Å². The van der Waals surface area contributed by atoms with Crippen LogP contribution in [0, 0.1) is 0 Å². The molecule has 1 fully saturated rings. The monoisotopic (exact) mass is 259 g/mol. The molecular weight excluding hydrogens is 230 g/mol. The van der Waals surface area contributed by atoms with E-state index in [0.717, 1.165) is 38.9 Å². The molecule has 0 radical (unpaired) electrons. The van der Waals surface area contributed by atoms with Crippen LogP contribution in [0.3, 0.4) is 0 Å². The molecule has 2 unspecified atom stereocenters. The molecule has 1 heterocycles. The smallest absolute Gasteiger partial charge is 0.0897 e. The predicted molar refractivity (Wildman–Crippen MR) is 72.8 cm³/mol. The first-order chi connectivity index (χ1) is 8.53. The molecule has 0 spiro atoms. The summed E-state index contributed by atoms with van der Waals surface area (Å²) in [6.07, 6.45) is 3.80. The fraction of sp³-hybridized carbons (Fsp3) is 1.00. The Hall–Kier alpha value is -0.160. The van der Waals surface area contributed by atoms with Gasteiger partial charge in [-0.1, -0.05) is 13.3 Å². The molecule has 1 saturated heterocycles. The summed E-state index contributed by atoms with van der Waals surface area (Å²) >= 11 is 0.